The van der Waals surface area contributed by atoms with E-state index in [1.165, 1.54) is 18.2 Å². The highest BCUT2D eigenvalue weighted by atomic mass is 16.7. The minimum Gasteiger partial charge on any atom is -0.462 e. The van der Waals surface area contributed by atoms with E-state index >= 15 is 0 Å². The fourth-order valence-electron chi connectivity index (χ4n) is 3.04. The van der Waals surface area contributed by atoms with E-state index in [-0.39, 0.29) is 28.9 Å². The average molecular weight is 417 g/mol. The summed E-state index contributed by atoms with van der Waals surface area (Å²) in [4.78, 5) is 49.3. The molecule has 9 nitrogen and oxygen atoms in total. The van der Waals surface area contributed by atoms with Gasteiger partial charge in [-0.1, -0.05) is 12.1 Å². The number of ketones is 1. The average Bonchev–Trinajstić information content (AvgIpc) is 3.41. The highest BCUT2D eigenvalue weighted by Gasteiger charge is 2.57. The van der Waals surface area contributed by atoms with E-state index in [9.17, 15) is 19.2 Å². The van der Waals surface area contributed by atoms with Crippen molar-refractivity contribution in [3.05, 3.63) is 41.6 Å². The maximum atomic E-state index is 12.9. The first-order valence-electron chi connectivity index (χ1n) is 9.57. The molecule has 1 heterocycles. The van der Waals surface area contributed by atoms with Gasteiger partial charge in [-0.2, -0.15) is 0 Å². The molecule has 0 saturated carbocycles. The van der Waals surface area contributed by atoms with E-state index in [1.54, 1.807) is 39.8 Å². The summed E-state index contributed by atoms with van der Waals surface area (Å²) in [7, 11) is 0. The lowest BCUT2D eigenvalue weighted by atomic mass is 9.91. The maximum Gasteiger partial charge on any atom is 0.514 e. The van der Waals surface area contributed by atoms with Crippen LogP contribution in [0.4, 0.5) is 4.79 Å². The molecule has 1 saturated heterocycles. The van der Waals surface area contributed by atoms with Crippen LogP contribution in [0.25, 0.3) is 0 Å². The molecule has 160 valence electrons. The molecule has 1 aliphatic carbocycles. The Kier molecular flexibility index (Phi) is 6.21. The lowest BCUT2D eigenvalue weighted by molar-refractivity contribution is -0.151. The first kappa shape index (κ1) is 21.5. The number of hydrogen-bond acceptors (Lipinski definition) is 8. The Labute approximate surface area is 173 Å². The fourth-order valence-corrected chi connectivity index (χ4v) is 3.04. The van der Waals surface area contributed by atoms with Gasteiger partial charge in [0.15, 0.2) is 5.78 Å². The van der Waals surface area contributed by atoms with Crippen LogP contribution in [-0.2, 0) is 23.8 Å². The first-order chi connectivity index (χ1) is 14.2. The van der Waals surface area contributed by atoms with Gasteiger partial charge in [-0.15, -0.1) is 0 Å². The Morgan fingerprint density at radius 2 is 1.70 bits per heavy atom. The minimum absolute atomic E-state index is 0.0229. The standard InChI is InChI=1S/C21H23NO8/c1-10(2)27-20(25)16-13(9-14(23)17-18(16)30-17)22-19(24)12-7-5-6-8-15(12)29-21(26)28-11(3)4/h5-11,16-18H,1-4H3,(H,22,24). The summed E-state index contributed by atoms with van der Waals surface area (Å²) < 4.78 is 20.6. The molecular weight excluding hydrogens is 394 g/mol. The van der Waals surface area contributed by atoms with Crippen molar-refractivity contribution in [2.45, 2.75) is 52.1 Å². The summed E-state index contributed by atoms with van der Waals surface area (Å²) in [5.74, 6) is -2.55. The number of epoxide rings is 1. The van der Waals surface area contributed by atoms with Crippen LogP contribution in [0.1, 0.15) is 38.1 Å². The molecule has 0 aromatic heterocycles. The molecular formula is C21H23NO8. The topological polar surface area (TPSA) is 121 Å². The first-order valence-corrected chi connectivity index (χ1v) is 9.57. The maximum absolute atomic E-state index is 12.9. The number of fused-ring (bicyclic) bond motifs is 1. The molecule has 1 fully saturated rings. The number of benzene rings is 1. The quantitative estimate of drug-likeness (QED) is 0.425. The van der Waals surface area contributed by atoms with Gasteiger partial charge >= 0.3 is 12.1 Å². The summed E-state index contributed by atoms with van der Waals surface area (Å²) in [5, 5.41) is 2.57. The van der Waals surface area contributed by atoms with Crippen molar-refractivity contribution < 1.29 is 38.1 Å². The molecule has 3 atom stereocenters. The van der Waals surface area contributed by atoms with Gasteiger partial charge < -0.3 is 24.3 Å². The van der Waals surface area contributed by atoms with Crippen LogP contribution in [0.5, 0.6) is 5.75 Å². The predicted molar refractivity (Wildman–Crippen MR) is 103 cm³/mol. The van der Waals surface area contributed by atoms with E-state index in [4.69, 9.17) is 18.9 Å². The third-order valence-electron chi connectivity index (χ3n) is 4.29. The van der Waals surface area contributed by atoms with Crippen molar-refractivity contribution in [3.63, 3.8) is 0 Å². The molecule has 3 unspecified atom stereocenters. The van der Waals surface area contributed by atoms with Gasteiger partial charge in [-0.05, 0) is 39.8 Å². The summed E-state index contributed by atoms with van der Waals surface area (Å²) in [5.41, 5.74) is 0.107. The molecule has 2 aliphatic rings. The van der Waals surface area contributed by atoms with Crippen molar-refractivity contribution in [2.24, 2.45) is 5.92 Å². The van der Waals surface area contributed by atoms with Crippen molar-refractivity contribution in [1.29, 1.82) is 0 Å². The zero-order chi connectivity index (χ0) is 22.0. The largest absolute Gasteiger partial charge is 0.514 e. The molecule has 1 aromatic carbocycles. The number of carbonyl (C=O) groups excluding carboxylic acids is 4. The molecule has 0 spiro atoms. The van der Waals surface area contributed by atoms with Crippen LogP contribution < -0.4 is 10.1 Å². The Hall–Kier alpha value is -3.20. The summed E-state index contributed by atoms with van der Waals surface area (Å²) in [6, 6.07) is 6.04. The Balaban J connectivity index is 1.80. The second-order valence-electron chi connectivity index (χ2n) is 7.46. The van der Waals surface area contributed by atoms with Crippen LogP contribution in [0.3, 0.4) is 0 Å². The molecule has 1 amide bonds. The summed E-state index contributed by atoms with van der Waals surface area (Å²) >= 11 is 0. The highest BCUT2D eigenvalue weighted by Crippen LogP contribution is 2.39. The Morgan fingerprint density at radius 1 is 1.03 bits per heavy atom. The van der Waals surface area contributed by atoms with Crippen molar-refractivity contribution in [3.8, 4) is 5.75 Å². The van der Waals surface area contributed by atoms with Gasteiger partial charge in [0.2, 0.25) is 0 Å². The molecule has 1 aromatic rings. The number of ether oxygens (including phenoxy) is 4. The molecule has 1 N–H and O–H groups in total. The zero-order valence-corrected chi connectivity index (χ0v) is 17.0. The van der Waals surface area contributed by atoms with Crippen LogP contribution in [-0.4, -0.2) is 48.2 Å². The monoisotopic (exact) mass is 417 g/mol. The molecule has 3 rings (SSSR count). The second-order valence-corrected chi connectivity index (χ2v) is 7.46. The Morgan fingerprint density at radius 3 is 2.37 bits per heavy atom. The van der Waals surface area contributed by atoms with Crippen molar-refractivity contribution >= 4 is 23.8 Å². The SMILES string of the molecule is CC(C)OC(=O)Oc1ccccc1C(=O)NC1=CC(=O)C2OC2C1C(=O)OC(C)C. The number of rotatable bonds is 6. The second kappa shape index (κ2) is 8.66. The molecule has 1 aliphatic heterocycles. The molecule has 9 heteroatoms. The number of carbonyl (C=O) groups is 4. The van der Waals surface area contributed by atoms with Crippen LogP contribution in [0.15, 0.2) is 36.0 Å². The van der Waals surface area contributed by atoms with Crippen molar-refractivity contribution in [2.75, 3.05) is 0 Å². The van der Waals surface area contributed by atoms with E-state index < -0.39 is 42.3 Å². The zero-order valence-electron chi connectivity index (χ0n) is 17.0. The van der Waals surface area contributed by atoms with Crippen molar-refractivity contribution in [1.82, 2.24) is 5.32 Å². The smallest absolute Gasteiger partial charge is 0.462 e. The lowest BCUT2D eigenvalue weighted by Gasteiger charge is -2.22. The van der Waals surface area contributed by atoms with E-state index in [2.05, 4.69) is 5.32 Å². The fraction of sp³-hybridized carbons (Fsp3) is 0.429. The van der Waals surface area contributed by atoms with Gasteiger partial charge in [-0.3, -0.25) is 14.4 Å². The molecule has 0 bridgehead atoms. The number of amides is 1. The van der Waals surface area contributed by atoms with Gasteiger partial charge in [0.05, 0.1) is 17.8 Å². The normalized spacial score (nSPS) is 22.1. The van der Waals surface area contributed by atoms with Crippen LogP contribution in [0, 0.1) is 5.92 Å². The minimum atomic E-state index is -0.954. The lowest BCUT2D eigenvalue weighted by Crippen LogP contribution is -2.39. The number of hydrogen-bond donors (Lipinski definition) is 1. The third kappa shape index (κ3) is 4.85. The highest BCUT2D eigenvalue weighted by molar-refractivity contribution is 6.03. The van der Waals surface area contributed by atoms with E-state index in [0.29, 0.717) is 0 Å². The Bertz CT molecular complexity index is 904. The van der Waals surface area contributed by atoms with Crippen LogP contribution in [0.2, 0.25) is 0 Å². The van der Waals surface area contributed by atoms with Gasteiger partial charge in [0.1, 0.15) is 23.9 Å². The van der Waals surface area contributed by atoms with E-state index in [0.717, 1.165) is 0 Å². The van der Waals surface area contributed by atoms with Crippen LogP contribution >= 0.6 is 0 Å². The number of nitrogens with one attached hydrogen (secondary N) is 1. The van der Waals surface area contributed by atoms with Gasteiger partial charge in [0, 0.05) is 11.8 Å². The summed E-state index contributed by atoms with van der Waals surface area (Å²) in [6.07, 6.45) is -1.91. The predicted octanol–water partition coefficient (Wildman–Crippen LogP) is 2.14. The van der Waals surface area contributed by atoms with E-state index in [1.807, 2.05) is 0 Å². The number of para-hydroxylation sites is 1. The third-order valence-corrected chi connectivity index (χ3v) is 4.29. The molecule has 0 radical (unpaired) electrons. The van der Waals surface area contributed by atoms with Gasteiger partial charge in [-0.25, -0.2) is 4.79 Å². The molecule has 30 heavy (non-hydrogen) atoms. The number of esters is 1. The van der Waals surface area contributed by atoms with Gasteiger partial charge in [0.25, 0.3) is 5.91 Å². The summed E-state index contributed by atoms with van der Waals surface area (Å²) in [6.45, 7) is 6.72.